The van der Waals surface area contributed by atoms with Gasteiger partial charge in [0.15, 0.2) is 0 Å². The summed E-state index contributed by atoms with van der Waals surface area (Å²) in [5.74, 6) is 0.0616. The average Bonchev–Trinajstić information content (AvgIpc) is 2.65. The molecule has 0 aromatic carbocycles. The molecule has 6 nitrogen and oxygen atoms in total. The second-order valence-electron chi connectivity index (χ2n) is 3.27. The van der Waals surface area contributed by atoms with Gasteiger partial charge in [0.2, 0.25) is 0 Å². The minimum absolute atomic E-state index is 0.0308. The zero-order valence-corrected chi connectivity index (χ0v) is 10.00. The van der Waals surface area contributed by atoms with Crippen LogP contribution in [-0.2, 0) is 0 Å². The molecule has 0 amide bonds. The van der Waals surface area contributed by atoms with Crippen molar-refractivity contribution in [2.45, 2.75) is 0 Å². The van der Waals surface area contributed by atoms with Crippen LogP contribution >= 0.6 is 11.3 Å². The van der Waals surface area contributed by atoms with E-state index < -0.39 is 0 Å². The SMILES string of the molecule is N=C(N)CN=Cc1cscc1C=NCC(=N)N. The average molecular weight is 250 g/mol. The van der Waals surface area contributed by atoms with E-state index in [0.29, 0.717) is 0 Å². The van der Waals surface area contributed by atoms with Crippen LogP contribution in [0.25, 0.3) is 0 Å². The lowest BCUT2D eigenvalue weighted by atomic mass is 10.2. The maximum absolute atomic E-state index is 7.04. The van der Waals surface area contributed by atoms with Crippen LogP contribution in [0.4, 0.5) is 0 Å². The molecule has 0 saturated heterocycles. The van der Waals surface area contributed by atoms with E-state index in [0.717, 1.165) is 11.1 Å². The van der Waals surface area contributed by atoms with Gasteiger partial charge in [-0.15, -0.1) is 0 Å². The zero-order chi connectivity index (χ0) is 12.7. The fraction of sp³-hybridized carbons (Fsp3) is 0.200. The number of nitrogens with two attached hydrogens (primary N) is 2. The summed E-state index contributed by atoms with van der Waals surface area (Å²) in [5, 5.41) is 17.9. The second kappa shape index (κ2) is 6.54. The summed E-state index contributed by atoms with van der Waals surface area (Å²) in [7, 11) is 0. The highest BCUT2D eigenvalue weighted by molar-refractivity contribution is 7.08. The van der Waals surface area contributed by atoms with Crippen LogP contribution < -0.4 is 11.5 Å². The fourth-order valence-corrected chi connectivity index (χ4v) is 1.77. The molecule has 6 N–H and O–H groups in total. The van der Waals surface area contributed by atoms with Gasteiger partial charge in [-0.3, -0.25) is 20.8 Å². The van der Waals surface area contributed by atoms with Crippen LogP contribution in [0.2, 0.25) is 0 Å². The molecule has 0 fully saturated rings. The van der Waals surface area contributed by atoms with Gasteiger partial charge in [0, 0.05) is 34.3 Å². The molecule has 1 rings (SSSR count). The van der Waals surface area contributed by atoms with Crippen molar-refractivity contribution in [1.82, 2.24) is 0 Å². The smallest absolute Gasteiger partial charge is 0.113 e. The molecule has 0 aliphatic carbocycles. The summed E-state index contributed by atoms with van der Waals surface area (Å²) in [6, 6.07) is 0. The van der Waals surface area contributed by atoms with Crippen LogP contribution in [0, 0.1) is 10.8 Å². The Morgan fingerprint density at radius 1 is 1.06 bits per heavy atom. The van der Waals surface area contributed by atoms with E-state index in [1.807, 2.05) is 10.8 Å². The Morgan fingerprint density at radius 2 is 1.47 bits per heavy atom. The molecule has 0 saturated carbocycles. The van der Waals surface area contributed by atoms with Gasteiger partial charge in [-0.25, -0.2) is 0 Å². The van der Waals surface area contributed by atoms with E-state index in [1.54, 1.807) is 12.4 Å². The lowest BCUT2D eigenvalue weighted by Crippen LogP contribution is -2.13. The van der Waals surface area contributed by atoms with Crippen molar-refractivity contribution >= 4 is 35.4 Å². The lowest BCUT2D eigenvalue weighted by molar-refractivity contribution is 1.23. The van der Waals surface area contributed by atoms with Gasteiger partial charge < -0.3 is 11.5 Å². The van der Waals surface area contributed by atoms with E-state index in [9.17, 15) is 0 Å². The highest BCUT2D eigenvalue weighted by atomic mass is 32.1. The monoisotopic (exact) mass is 250 g/mol. The first-order valence-electron chi connectivity index (χ1n) is 4.81. The van der Waals surface area contributed by atoms with Gasteiger partial charge in [-0.1, -0.05) is 0 Å². The minimum atomic E-state index is 0.0308. The first-order valence-corrected chi connectivity index (χ1v) is 5.75. The quantitative estimate of drug-likeness (QED) is 0.432. The molecule has 0 radical (unpaired) electrons. The molecule has 0 spiro atoms. The molecule has 0 bridgehead atoms. The Labute approximate surface area is 103 Å². The summed E-state index contributed by atoms with van der Waals surface area (Å²) in [6.07, 6.45) is 3.32. The van der Waals surface area contributed by atoms with Gasteiger partial charge in [-0.05, 0) is 0 Å². The van der Waals surface area contributed by atoms with Crippen molar-refractivity contribution in [3.63, 3.8) is 0 Å². The predicted octanol–water partition coefficient (Wildman–Crippen LogP) is 0.458. The van der Waals surface area contributed by atoms with Crippen LogP contribution in [0.15, 0.2) is 20.7 Å². The molecule has 1 aromatic heterocycles. The van der Waals surface area contributed by atoms with E-state index in [-0.39, 0.29) is 24.8 Å². The third-order valence-corrected chi connectivity index (χ3v) is 2.49. The Bertz CT molecular complexity index is 419. The fourth-order valence-electron chi connectivity index (χ4n) is 1.01. The molecule has 1 aromatic rings. The second-order valence-corrected chi connectivity index (χ2v) is 4.02. The molecular weight excluding hydrogens is 236 g/mol. The maximum atomic E-state index is 7.04. The van der Waals surface area contributed by atoms with Crippen molar-refractivity contribution in [3.8, 4) is 0 Å². The van der Waals surface area contributed by atoms with Crippen molar-refractivity contribution in [3.05, 3.63) is 21.9 Å². The number of rotatable bonds is 6. The van der Waals surface area contributed by atoms with Gasteiger partial charge in [0.25, 0.3) is 0 Å². The van der Waals surface area contributed by atoms with Crippen molar-refractivity contribution in [2.24, 2.45) is 21.5 Å². The number of aliphatic imine (C=N–C) groups is 2. The standard InChI is InChI=1S/C10H14N6S/c11-9(12)3-15-1-7-5-17-6-8(7)2-16-4-10(13)14/h1-2,5-6H,3-4H2,(H3,11,12)(H3,13,14). The number of hydrogen-bond donors (Lipinski definition) is 4. The number of hydrogen-bond acceptors (Lipinski definition) is 5. The first-order chi connectivity index (χ1) is 8.09. The van der Waals surface area contributed by atoms with E-state index >= 15 is 0 Å². The van der Waals surface area contributed by atoms with Gasteiger partial charge in [-0.2, -0.15) is 11.3 Å². The van der Waals surface area contributed by atoms with Gasteiger partial charge in [0.05, 0.1) is 13.1 Å². The summed E-state index contributed by atoms with van der Waals surface area (Å²) >= 11 is 1.53. The van der Waals surface area contributed by atoms with Crippen LogP contribution in [-0.4, -0.2) is 37.2 Å². The molecule has 0 atom stereocenters. The Hall–Kier alpha value is -2.02. The normalized spacial score (nSPS) is 11.3. The largest absolute Gasteiger partial charge is 0.386 e. The number of amidine groups is 2. The highest BCUT2D eigenvalue weighted by Crippen LogP contribution is 2.10. The third-order valence-electron chi connectivity index (χ3n) is 1.71. The highest BCUT2D eigenvalue weighted by Gasteiger charge is 1.98. The van der Waals surface area contributed by atoms with E-state index in [1.165, 1.54) is 11.3 Å². The molecule has 0 aliphatic rings. The number of nitrogens with zero attached hydrogens (tertiary/aromatic N) is 2. The van der Waals surface area contributed by atoms with Crippen LogP contribution in [0.3, 0.4) is 0 Å². The number of nitrogens with one attached hydrogen (secondary N) is 2. The summed E-state index contributed by atoms with van der Waals surface area (Å²) < 4.78 is 0. The van der Waals surface area contributed by atoms with Crippen LogP contribution in [0.5, 0.6) is 0 Å². The Kier molecular flexibility index (Phi) is 5.02. The van der Waals surface area contributed by atoms with Crippen molar-refractivity contribution in [1.29, 1.82) is 10.8 Å². The molecule has 17 heavy (non-hydrogen) atoms. The van der Waals surface area contributed by atoms with E-state index in [2.05, 4.69) is 9.98 Å². The van der Waals surface area contributed by atoms with Gasteiger partial charge >= 0.3 is 0 Å². The Balaban J connectivity index is 2.65. The summed E-state index contributed by atoms with van der Waals surface area (Å²) in [5.41, 5.74) is 12.2. The molecule has 0 aliphatic heterocycles. The predicted molar refractivity (Wildman–Crippen MR) is 73.1 cm³/mol. The minimum Gasteiger partial charge on any atom is -0.386 e. The topological polar surface area (TPSA) is 124 Å². The molecule has 1 heterocycles. The molecule has 90 valence electrons. The van der Waals surface area contributed by atoms with Crippen molar-refractivity contribution < 1.29 is 0 Å². The number of thiophene rings is 1. The van der Waals surface area contributed by atoms with Crippen molar-refractivity contribution in [2.75, 3.05) is 13.1 Å². The third kappa shape index (κ3) is 5.03. The first kappa shape index (κ1) is 13.0. The maximum Gasteiger partial charge on any atom is 0.113 e. The van der Waals surface area contributed by atoms with Gasteiger partial charge in [0.1, 0.15) is 11.7 Å². The lowest BCUT2D eigenvalue weighted by Gasteiger charge is -1.93. The summed E-state index contributed by atoms with van der Waals surface area (Å²) in [6.45, 7) is 0.389. The Morgan fingerprint density at radius 3 is 1.82 bits per heavy atom. The van der Waals surface area contributed by atoms with Crippen LogP contribution in [0.1, 0.15) is 11.1 Å². The zero-order valence-electron chi connectivity index (χ0n) is 9.18. The molecular formula is C10H14N6S. The van der Waals surface area contributed by atoms with E-state index in [4.69, 9.17) is 22.3 Å². The molecule has 0 unspecified atom stereocenters. The summed E-state index contributed by atoms with van der Waals surface area (Å²) in [4.78, 5) is 8.04. The molecule has 7 heteroatoms.